The fraction of sp³-hybridized carbons (Fsp3) is 0.300. The summed E-state index contributed by atoms with van der Waals surface area (Å²) in [5.74, 6) is -0.661. The standard InChI is InChI=1S/C20H19NO5/c22-18-11-15(20(23)24)19(21(18)12-13-4-2-1-3-5-13)14-6-7-16-17(10-14)26-9-8-25-16/h1-7,10,15,19H,8-9,11-12H2,(H,23,24)/t15-,19?/m0/s1. The van der Waals surface area contributed by atoms with Crippen molar-refractivity contribution >= 4 is 11.9 Å². The lowest BCUT2D eigenvalue weighted by Gasteiger charge is -2.28. The molecule has 2 aromatic carbocycles. The topological polar surface area (TPSA) is 76.1 Å². The first-order chi connectivity index (χ1) is 12.6. The lowest BCUT2D eigenvalue weighted by atomic mass is 9.93. The van der Waals surface area contributed by atoms with Crippen LogP contribution in [0.2, 0.25) is 0 Å². The zero-order valence-electron chi connectivity index (χ0n) is 14.1. The molecule has 2 aliphatic rings. The van der Waals surface area contributed by atoms with Gasteiger partial charge in [0.2, 0.25) is 5.91 Å². The molecule has 0 spiro atoms. The number of fused-ring (bicyclic) bond motifs is 1. The molecule has 0 aliphatic carbocycles. The molecule has 2 atom stereocenters. The van der Waals surface area contributed by atoms with Crippen LogP contribution in [-0.2, 0) is 16.1 Å². The van der Waals surface area contributed by atoms with Crippen molar-refractivity contribution in [3.8, 4) is 11.5 Å². The van der Waals surface area contributed by atoms with Gasteiger partial charge in [0.1, 0.15) is 13.2 Å². The third kappa shape index (κ3) is 2.98. The summed E-state index contributed by atoms with van der Waals surface area (Å²) in [6.07, 6.45) is 0.00127. The first-order valence-electron chi connectivity index (χ1n) is 8.59. The van der Waals surface area contributed by atoms with Gasteiger partial charge in [-0.3, -0.25) is 9.59 Å². The van der Waals surface area contributed by atoms with Gasteiger partial charge in [-0.15, -0.1) is 0 Å². The Labute approximate surface area is 151 Å². The van der Waals surface area contributed by atoms with Crippen molar-refractivity contribution in [1.29, 1.82) is 0 Å². The molecule has 6 nitrogen and oxygen atoms in total. The second-order valence-electron chi connectivity index (χ2n) is 6.50. The summed E-state index contributed by atoms with van der Waals surface area (Å²) in [4.78, 5) is 26.0. The summed E-state index contributed by atoms with van der Waals surface area (Å²) in [5, 5.41) is 9.65. The Hall–Kier alpha value is -3.02. The van der Waals surface area contributed by atoms with Gasteiger partial charge in [-0.2, -0.15) is 0 Å². The van der Waals surface area contributed by atoms with Crippen molar-refractivity contribution in [3.63, 3.8) is 0 Å². The minimum atomic E-state index is -0.964. The van der Waals surface area contributed by atoms with Gasteiger partial charge < -0.3 is 19.5 Å². The molecule has 1 unspecified atom stereocenters. The van der Waals surface area contributed by atoms with Crippen LogP contribution in [0.4, 0.5) is 0 Å². The highest BCUT2D eigenvalue weighted by molar-refractivity contribution is 5.87. The number of hydrogen-bond donors (Lipinski definition) is 1. The quantitative estimate of drug-likeness (QED) is 0.914. The van der Waals surface area contributed by atoms with Crippen LogP contribution in [0.5, 0.6) is 11.5 Å². The molecule has 2 heterocycles. The average molecular weight is 353 g/mol. The number of ether oxygens (including phenoxy) is 2. The van der Waals surface area contributed by atoms with E-state index >= 15 is 0 Å². The van der Waals surface area contributed by atoms with Crippen LogP contribution in [0.25, 0.3) is 0 Å². The molecule has 0 bridgehead atoms. The number of aliphatic carboxylic acids is 1. The summed E-state index contributed by atoms with van der Waals surface area (Å²) in [7, 11) is 0. The molecule has 4 rings (SSSR count). The van der Waals surface area contributed by atoms with E-state index in [1.165, 1.54) is 0 Å². The second kappa shape index (κ2) is 6.71. The van der Waals surface area contributed by atoms with E-state index in [2.05, 4.69) is 0 Å². The van der Waals surface area contributed by atoms with Crippen molar-refractivity contribution < 1.29 is 24.2 Å². The average Bonchev–Trinajstić information content (AvgIpc) is 2.99. The number of carbonyl (C=O) groups is 2. The van der Waals surface area contributed by atoms with Gasteiger partial charge in [-0.25, -0.2) is 0 Å². The second-order valence-corrected chi connectivity index (χ2v) is 6.50. The highest BCUT2D eigenvalue weighted by Crippen LogP contribution is 2.42. The normalized spacial score (nSPS) is 21.7. The van der Waals surface area contributed by atoms with Crippen molar-refractivity contribution in [1.82, 2.24) is 4.90 Å². The smallest absolute Gasteiger partial charge is 0.309 e. The first-order valence-corrected chi connectivity index (χ1v) is 8.59. The first kappa shape index (κ1) is 16.4. The van der Waals surface area contributed by atoms with Crippen LogP contribution in [0.1, 0.15) is 23.6 Å². The number of rotatable bonds is 4. The van der Waals surface area contributed by atoms with E-state index < -0.39 is 17.9 Å². The molecule has 1 saturated heterocycles. The predicted octanol–water partition coefficient (Wildman–Crippen LogP) is 2.63. The number of carboxylic acids is 1. The Kier molecular flexibility index (Phi) is 4.24. The SMILES string of the molecule is O=C(O)[C@H]1CC(=O)N(Cc2ccccc2)C1c1ccc2c(c1)OCCO2. The van der Waals surface area contributed by atoms with E-state index in [0.717, 1.165) is 11.1 Å². The number of carbonyl (C=O) groups excluding carboxylic acids is 1. The Morgan fingerprint density at radius 1 is 1.08 bits per heavy atom. The highest BCUT2D eigenvalue weighted by atomic mass is 16.6. The summed E-state index contributed by atoms with van der Waals surface area (Å²) in [6, 6.07) is 14.5. The summed E-state index contributed by atoms with van der Waals surface area (Å²) in [6.45, 7) is 1.32. The summed E-state index contributed by atoms with van der Waals surface area (Å²) >= 11 is 0. The molecule has 1 N–H and O–H groups in total. The van der Waals surface area contributed by atoms with Gasteiger partial charge in [0, 0.05) is 13.0 Å². The molecule has 0 saturated carbocycles. The zero-order valence-corrected chi connectivity index (χ0v) is 14.1. The van der Waals surface area contributed by atoms with E-state index in [0.29, 0.717) is 31.3 Å². The van der Waals surface area contributed by atoms with Gasteiger partial charge in [-0.1, -0.05) is 36.4 Å². The van der Waals surface area contributed by atoms with E-state index in [9.17, 15) is 14.7 Å². The van der Waals surface area contributed by atoms with Gasteiger partial charge >= 0.3 is 5.97 Å². The van der Waals surface area contributed by atoms with Gasteiger partial charge in [0.15, 0.2) is 11.5 Å². The monoisotopic (exact) mass is 353 g/mol. The van der Waals surface area contributed by atoms with Gasteiger partial charge in [0.25, 0.3) is 0 Å². The van der Waals surface area contributed by atoms with Crippen LogP contribution >= 0.6 is 0 Å². The predicted molar refractivity (Wildman–Crippen MR) is 92.9 cm³/mol. The Bertz CT molecular complexity index is 835. The number of nitrogens with zero attached hydrogens (tertiary/aromatic N) is 1. The third-order valence-electron chi connectivity index (χ3n) is 4.85. The molecule has 0 aromatic heterocycles. The van der Waals surface area contributed by atoms with E-state index in [1.54, 1.807) is 17.0 Å². The zero-order chi connectivity index (χ0) is 18.1. The van der Waals surface area contributed by atoms with Crippen molar-refractivity contribution in [2.45, 2.75) is 19.0 Å². The van der Waals surface area contributed by atoms with Crippen LogP contribution in [0.3, 0.4) is 0 Å². The molecular formula is C20H19NO5. The molecular weight excluding hydrogens is 334 g/mol. The van der Waals surface area contributed by atoms with Gasteiger partial charge in [-0.05, 0) is 23.3 Å². The number of benzene rings is 2. The number of carboxylic acid groups (broad SMARTS) is 1. The number of likely N-dealkylation sites (tertiary alicyclic amines) is 1. The molecule has 1 fully saturated rings. The minimum Gasteiger partial charge on any atom is -0.486 e. The molecule has 134 valence electrons. The molecule has 6 heteroatoms. The molecule has 0 radical (unpaired) electrons. The molecule has 2 aromatic rings. The lowest BCUT2D eigenvalue weighted by molar-refractivity contribution is -0.142. The van der Waals surface area contributed by atoms with Crippen LogP contribution in [0.15, 0.2) is 48.5 Å². The fourth-order valence-corrected chi connectivity index (χ4v) is 3.63. The Morgan fingerprint density at radius 3 is 2.54 bits per heavy atom. The van der Waals surface area contributed by atoms with Crippen LogP contribution in [-0.4, -0.2) is 35.1 Å². The van der Waals surface area contributed by atoms with E-state index in [-0.39, 0.29) is 12.3 Å². The number of hydrogen-bond acceptors (Lipinski definition) is 4. The lowest BCUT2D eigenvalue weighted by Crippen LogP contribution is -2.30. The van der Waals surface area contributed by atoms with Gasteiger partial charge in [0.05, 0.1) is 12.0 Å². The highest BCUT2D eigenvalue weighted by Gasteiger charge is 2.44. The van der Waals surface area contributed by atoms with E-state index in [1.807, 2.05) is 36.4 Å². The number of amides is 1. The van der Waals surface area contributed by atoms with Crippen LogP contribution < -0.4 is 9.47 Å². The fourth-order valence-electron chi connectivity index (χ4n) is 3.63. The van der Waals surface area contributed by atoms with Crippen molar-refractivity contribution in [2.75, 3.05) is 13.2 Å². The van der Waals surface area contributed by atoms with Crippen molar-refractivity contribution in [2.24, 2.45) is 5.92 Å². The minimum absolute atomic E-state index is 0.00127. The maximum Gasteiger partial charge on any atom is 0.309 e. The maximum atomic E-state index is 12.6. The largest absolute Gasteiger partial charge is 0.486 e. The van der Waals surface area contributed by atoms with Crippen LogP contribution in [0, 0.1) is 5.92 Å². The maximum absolute atomic E-state index is 12.6. The van der Waals surface area contributed by atoms with E-state index in [4.69, 9.17) is 9.47 Å². The third-order valence-corrected chi connectivity index (χ3v) is 4.85. The van der Waals surface area contributed by atoms with Crippen molar-refractivity contribution in [3.05, 3.63) is 59.7 Å². The Balaban J connectivity index is 1.70. The molecule has 2 aliphatic heterocycles. The molecule has 26 heavy (non-hydrogen) atoms. The molecule has 1 amide bonds. The summed E-state index contributed by atoms with van der Waals surface area (Å²) in [5.41, 5.74) is 1.72. The summed E-state index contributed by atoms with van der Waals surface area (Å²) < 4.78 is 11.2. The Morgan fingerprint density at radius 2 is 1.81 bits per heavy atom.